The molecule has 0 spiro atoms. The highest BCUT2D eigenvalue weighted by Gasteiger charge is 2.21. The molecule has 0 saturated carbocycles. The van der Waals surface area contributed by atoms with E-state index in [1.54, 1.807) is 12.1 Å². The summed E-state index contributed by atoms with van der Waals surface area (Å²) in [6.07, 6.45) is 1.22. The Balaban J connectivity index is 1.65. The van der Waals surface area contributed by atoms with Crippen LogP contribution >= 0.6 is 11.6 Å². The number of nitrogens with zero attached hydrogens (tertiary/aromatic N) is 4. The third-order valence-electron chi connectivity index (χ3n) is 5.30. The van der Waals surface area contributed by atoms with Crippen molar-refractivity contribution in [1.29, 1.82) is 5.26 Å². The SMILES string of the molecule is C[C@H](C#N)NC(=O)[C@@H](C)Oc1cc(F)ccc1Nc1ncnc2cc(N=S3(=O)CCC3)cc(Cl)c12. The maximum atomic E-state index is 14.0. The lowest BCUT2D eigenvalue weighted by Crippen LogP contribution is -2.40. The van der Waals surface area contributed by atoms with E-state index in [0.29, 0.717) is 44.6 Å². The number of rotatable bonds is 7. The lowest BCUT2D eigenvalue weighted by molar-refractivity contribution is -0.127. The quantitative estimate of drug-likeness (QED) is 0.474. The van der Waals surface area contributed by atoms with Crippen molar-refractivity contribution in [2.45, 2.75) is 32.4 Å². The Kier molecular flexibility index (Phi) is 7.05. The second kappa shape index (κ2) is 10.0. The first-order valence-corrected chi connectivity index (χ1v) is 13.0. The minimum absolute atomic E-state index is 0.0636. The molecule has 1 saturated heterocycles. The van der Waals surface area contributed by atoms with Crippen molar-refractivity contribution in [3.63, 3.8) is 0 Å². The third-order valence-corrected chi connectivity index (χ3v) is 7.99. The molecule has 1 fully saturated rings. The Morgan fingerprint density at radius 2 is 2.06 bits per heavy atom. The van der Waals surface area contributed by atoms with Crippen molar-refractivity contribution in [3.05, 3.63) is 47.5 Å². The molecular weight excluding hydrogens is 495 g/mol. The zero-order valence-electron chi connectivity index (χ0n) is 18.9. The molecule has 1 aliphatic rings. The summed E-state index contributed by atoms with van der Waals surface area (Å²) in [7, 11) is -2.22. The van der Waals surface area contributed by atoms with Gasteiger partial charge in [0.25, 0.3) is 5.91 Å². The Morgan fingerprint density at radius 3 is 2.74 bits per heavy atom. The van der Waals surface area contributed by atoms with Crippen LogP contribution in [0.2, 0.25) is 5.02 Å². The van der Waals surface area contributed by atoms with Crippen LogP contribution in [0.3, 0.4) is 0 Å². The molecule has 12 heteroatoms. The fourth-order valence-corrected chi connectivity index (χ4v) is 5.13. The molecule has 0 bridgehead atoms. The molecule has 1 aromatic heterocycles. The predicted octanol–water partition coefficient (Wildman–Crippen LogP) is 4.46. The van der Waals surface area contributed by atoms with Crippen molar-refractivity contribution in [2.24, 2.45) is 4.36 Å². The summed E-state index contributed by atoms with van der Waals surface area (Å²) in [5, 5.41) is 15.2. The molecular formula is C23H22ClFN6O3S. The molecule has 4 rings (SSSR count). The number of anilines is 2. The highest BCUT2D eigenvalue weighted by Crippen LogP contribution is 2.36. The van der Waals surface area contributed by atoms with E-state index < -0.39 is 33.6 Å². The fraction of sp³-hybridized carbons (Fsp3) is 0.304. The van der Waals surface area contributed by atoms with Crippen LogP contribution < -0.4 is 15.4 Å². The number of benzene rings is 2. The van der Waals surface area contributed by atoms with Crippen LogP contribution in [0.1, 0.15) is 20.3 Å². The number of halogens is 2. The normalized spacial score (nSPS) is 15.9. The molecule has 0 unspecified atom stereocenters. The molecule has 1 aliphatic heterocycles. The Labute approximate surface area is 206 Å². The number of amides is 1. The van der Waals surface area contributed by atoms with Crippen molar-refractivity contribution in [3.8, 4) is 11.8 Å². The van der Waals surface area contributed by atoms with Gasteiger partial charge in [0, 0.05) is 17.6 Å². The third kappa shape index (κ3) is 5.61. The number of nitrogens with one attached hydrogen (secondary N) is 2. The summed E-state index contributed by atoms with van der Waals surface area (Å²) in [5.74, 6) is 0.438. The van der Waals surface area contributed by atoms with E-state index in [1.807, 2.05) is 6.07 Å². The zero-order valence-corrected chi connectivity index (χ0v) is 20.5. The summed E-state index contributed by atoms with van der Waals surface area (Å²) < 4.78 is 36.6. The van der Waals surface area contributed by atoms with E-state index in [9.17, 15) is 13.4 Å². The maximum absolute atomic E-state index is 14.0. The second-order valence-corrected chi connectivity index (χ2v) is 11.0. The smallest absolute Gasteiger partial charge is 0.261 e. The summed E-state index contributed by atoms with van der Waals surface area (Å²) in [5.41, 5.74) is 1.30. The van der Waals surface area contributed by atoms with Crippen LogP contribution in [0.15, 0.2) is 41.0 Å². The highest BCUT2D eigenvalue weighted by molar-refractivity contribution is 7.95. The van der Waals surface area contributed by atoms with Crippen LogP contribution in [0.5, 0.6) is 5.75 Å². The van der Waals surface area contributed by atoms with E-state index in [4.69, 9.17) is 21.6 Å². The van der Waals surface area contributed by atoms with Gasteiger partial charge in [-0.1, -0.05) is 11.6 Å². The van der Waals surface area contributed by atoms with E-state index in [0.717, 1.165) is 12.5 Å². The van der Waals surface area contributed by atoms with Gasteiger partial charge < -0.3 is 15.4 Å². The fourth-order valence-electron chi connectivity index (χ4n) is 3.38. The molecule has 0 radical (unpaired) electrons. The zero-order chi connectivity index (χ0) is 25.2. The van der Waals surface area contributed by atoms with Gasteiger partial charge in [-0.15, -0.1) is 0 Å². The Hall–Kier alpha value is -3.49. The molecule has 3 aromatic rings. The summed E-state index contributed by atoms with van der Waals surface area (Å²) in [6.45, 7) is 3.02. The van der Waals surface area contributed by atoms with Crippen LogP contribution in [-0.2, 0) is 14.5 Å². The maximum Gasteiger partial charge on any atom is 0.261 e. The number of hydrogen-bond acceptors (Lipinski definition) is 8. The average molecular weight is 517 g/mol. The van der Waals surface area contributed by atoms with Gasteiger partial charge in [-0.25, -0.2) is 18.6 Å². The van der Waals surface area contributed by atoms with E-state index in [1.165, 1.54) is 32.3 Å². The van der Waals surface area contributed by atoms with Crippen LogP contribution in [0.25, 0.3) is 10.9 Å². The van der Waals surface area contributed by atoms with Gasteiger partial charge in [-0.3, -0.25) is 4.79 Å². The molecule has 182 valence electrons. The molecule has 2 aromatic carbocycles. The first-order chi connectivity index (χ1) is 16.7. The number of hydrogen-bond donors (Lipinski definition) is 2. The van der Waals surface area contributed by atoms with Gasteiger partial charge in [-0.05, 0) is 44.5 Å². The van der Waals surface area contributed by atoms with Crippen molar-refractivity contribution >= 4 is 55.3 Å². The molecule has 9 nitrogen and oxygen atoms in total. The van der Waals surface area contributed by atoms with Crippen LogP contribution in [0, 0.1) is 17.1 Å². The second-order valence-electron chi connectivity index (χ2n) is 8.05. The lowest BCUT2D eigenvalue weighted by Gasteiger charge is -2.19. The van der Waals surface area contributed by atoms with Gasteiger partial charge in [0.05, 0.1) is 43.1 Å². The molecule has 35 heavy (non-hydrogen) atoms. The lowest BCUT2D eigenvalue weighted by atomic mass is 10.2. The minimum atomic E-state index is -2.22. The first-order valence-electron chi connectivity index (χ1n) is 10.8. The Bertz CT molecular complexity index is 1460. The first kappa shape index (κ1) is 24.6. The van der Waals surface area contributed by atoms with Gasteiger partial charge in [0.1, 0.15) is 29.8 Å². The highest BCUT2D eigenvalue weighted by atomic mass is 35.5. The van der Waals surface area contributed by atoms with Gasteiger partial charge in [0.15, 0.2) is 6.10 Å². The number of aromatic nitrogens is 2. The van der Waals surface area contributed by atoms with Gasteiger partial charge >= 0.3 is 0 Å². The number of ether oxygens (including phenoxy) is 1. The molecule has 1 amide bonds. The summed E-state index contributed by atoms with van der Waals surface area (Å²) in [6, 6.07) is 8.30. The van der Waals surface area contributed by atoms with Gasteiger partial charge in [-0.2, -0.15) is 9.62 Å². The summed E-state index contributed by atoms with van der Waals surface area (Å²) in [4.78, 5) is 20.8. The monoisotopic (exact) mass is 516 g/mol. The van der Waals surface area contributed by atoms with Crippen LogP contribution in [0.4, 0.5) is 21.6 Å². The molecule has 2 atom stereocenters. The number of carbonyl (C=O) groups is 1. The van der Waals surface area contributed by atoms with E-state index >= 15 is 0 Å². The van der Waals surface area contributed by atoms with Crippen molar-refractivity contribution < 1.29 is 18.1 Å². The average Bonchev–Trinajstić information content (AvgIpc) is 2.79. The number of fused-ring (bicyclic) bond motifs is 1. The molecule has 0 aliphatic carbocycles. The van der Waals surface area contributed by atoms with Crippen molar-refractivity contribution in [2.75, 3.05) is 16.8 Å². The van der Waals surface area contributed by atoms with Crippen molar-refractivity contribution in [1.82, 2.24) is 15.3 Å². The standard InChI is InChI=1S/C23H22ClFN6O3S/c1-13(11-26)29-23(32)14(2)34-20-8-15(25)4-5-18(20)30-22-21-17(24)9-16(10-19(21)27-12-28-22)31-35(33)6-3-7-35/h4-5,8-10,12-14H,3,6-7H2,1-2H3,(H,29,32)(H,27,28,30)/t13-,14-/m1/s1. The topological polar surface area (TPSA) is 129 Å². The molecule has 2 N–H and O–H groups in total. The van der Waals surface area contributed by atoms with E-state index in [-0.39, 0.29) is 5.75 Å². The minimum Gasteiger partial charge on any atom is -0.479 e. The predicted molar refractivity (Wildman–Crippen MR) is 132 cm³/mol. The van der Waals surface area contributed by atoms with Gasteiger partial charge in [0.2, 0.25) is 0 Å². The van der Waals surface area contributed by atoms with E-state index in [2.05, 4.69) is 25.0 Å². The largest absolute Gasteiger partial charge is 0.479 e. The number of nitriles is 1. The van der Waals surface area contributed by atoms with Crippen LogP contribution in [-0.4, -0.2) is 43.7 Å². The summed E-state index contributed by atoms with van der Waals surface area (Å²) >= 11 is 6.53. The molecule has 2 heterocycles. The number of carbonyl (C=O) groups excluding carboxylic acids is 1. The Morgan fingerprint density at radius 1 is 1.29 bits per heavy atom.